The Bertz CT molecular complexity index is 822. The maximum Gasteiger partial charge on any atom is 0.263 e. The van der Waals surface area contributed by atoms with Crippen LogP contribution in [0.2, 0.25) is 0 Å². The van der Waals surface area contributed by atoms with Crippen LogP contribution in [-0.4, -0.2) is 5.91 Å². The fourth-order valence-corrected chi connectivity index (χ4v) is 3.90. The molecule has 0 fully saturated rings. The summed E-state index contributed by atoms with van der Waals surface area (Å²) in [6.45, 7) is 2.22. The minimum Gasteiger partial charge on any atom is -0.465 e. The zero-order chi connectivity index (χ0) is 15.0. The van der Waals surface area contributed by atoms with Crippen LogP contribution in [0.3, 0.4) is 0 Å². The SMILES string of the molecule is Cc1ccc(CNC(=O)c2sc3cccc(Br)c3c2N)o1. The van der Waals surface area contributed by atoms with Crippen LogP contribution in [0.4, 0.5) is 5.69 Å². The fraction of sp³-hybridized carbons (Fsp3) is 0.133. The van der Waals surface area contributed by atoms with Gasteiger partial charge in [0.05, 0.1) is 12.2 Å². The minimum absolute atomic E-state index is 0.186. The van der Waals surface area contributed by atoms with Gasteiger partial charge in [-0.25, -0.2) is 0 Å². The lowest BCUT2D eigenvalue weighted by Crippen LogP contribution is -2.22. The van der Waals surface area contributed by atoms with Crippen molar-refractivity contribution in [2.24, 2.45) is 0 Å². The Morgan fingerprint density at radius 2 is 2.19 bits per heavy atom. The average Bonchev–Trinajstić information content (AvgIpc) is 3.01. The number of nitrogen functional groups attached to an aromatic ring is 1. The zero-order valence-electron chi connectivity index (χ0n) is 11.3. The first-order valence-corrected chi connectivity index (χ1v) is 7.97. The van der Waals surface area contributed by atoms with Crippen molar-refractivity contribution in [3.63, 3.8) is 0 Å². The van der Waals surface area contributed by atoms with Gasteiger partial charge in [0.15, 0.2) is 0 Å². The van der Waals surface area contributed by atoms with Crippen LogP contribution in [0, 0.1) is 6.92 Å². The molecule has 0 bridgehead atoms. The van der Waals surface area contributed by atoms with Crippen molar-refractivity contribution in [2.75, 3.05) is 5.73 Å². The zero-order valence-corrected chi connectivity index (χ0v) is 13.7. The lowest BCUT2D eigenvalue weighted by atomic mass is 10.2. The van der Waals surface area contributed by atoms with Crippen molar-refractivity contribution in [1.29, 1.82) is 0 Å². The van der Waals surface area contributed by atoms with Crippen molar-refractivity contribution in [3.8, 4) is 0 Å². The van der Waals surface area contributed by atoms with E-state index in [2.05, 4.69) is 21.2 Å². The topological polar surface area (TPSA) is 68.3 Å². The molecule has 0 aliphatic heterocycles. The fourth-order valence-electron chi connectivity index (χ4n) is 2.13. The van der Waals surface area contributed by atoms with Crippen LogP contribution in [0.1, 0.15) is 21.2 Å². The lowest BCUT2D eigenvalue weighted by Gasteiger charge is -2.02. The van der Waals surface area contributed by atoms with Crippen LogP contribution in [0.25, 0.3) is 10.1 Å². The number of fused-ring (bicyclic) bond motifs is 1. The predicted octanol–water partition coefficient (Wildman–Crippen LogP) is 4.08. The Balaban J connectivity index is 1.84. The van der Waals surface area contributed by atoms with E-state index in [0.29, 0.717) is 17.1 Å². The van der Waals surface area contributed by atoms with Gasteiger partial charge in [0.25, 0.3) is 5.91 Å². The number of amides is 1. The Morgan fingerprint density at radius 3 is 2.86 bits per heavy atom. The summed E-state index contributed by atoms with van der Waals surface area (Å²) < 4.78 is 7.31. The van der Waals surface area contributed by atoms with E-state index in [-0.39, 0.29) is 5.91 Å². The van der Waals surface area contributed by atoms with Crippen molar-refractivity contribution in [1.82, 2.24) is 5.32 Å². The van der Waals surface area contributed by atoms with Crippen LogP contribution in [0.5, 0.6) is 0 Å². The predicted molar refractivity (Wildman–Crippen MR) is 88.6 cm³/mol. The van der Waals surface area contributed by atoms with Gasteiger partial charge in [-0.1, -0.05) is 22.0 Å². The third kappa shape index (κ3) is 2.69. The molecule has 0 atom stereocenters. The third-order valence-corrected chi connectivity index (χ3v) is 4.96. The number of anilines is 1. The van der Waals surface area contributed by atoms with Gasteiger partial charge < -0.3 is 15.5 Å². The Hall–Kier alpha value is -1.79. The molecule has 21 heavy (non-hydrogen) atoms. The van der Waals surface area contributed by atoms with Gasteiger partial charge in [-0.2, -0.15) is 0 Å². The molecule has 108 valence electrons. The van der Waals surface area contributed by atoms with E-state index in [1.165, 1.54) is 11.3 Å². The first-order valence-electron chi connectivity index (χ1n) is 6.36. The molecule has 0 aliphatic carbocycles. The normalized spacial score (nSPS) is 11.0. The number of hydrogen-bond acceptors (Lipinski definition) is 4. The summed E-state index contributed by atoms with van der Waals surface area (Å²) >= 11 is 4.86. The van der Waals surface area contributed by atoms with E-state index in [1.54, 1.807) is 0 Å². The number of nitrogens with two attached hydrogens (primary N) is 1. The maximum absolute atomic E-state index is 12.3. The number of nitrogens with one attached hydrogen (secondary N) is 1. The van der Waals surface area contributed by atoms with Crippen LogP contribution >= 0.6 is 27.3 Å². The highest BCUT2D eigenvalue weighted by atomic mass is 79.9. The van der Waals surface area contributed by atoms with Crippen molar-refractivity contribution in [2.45, 2.75) is 13.5 Å². The van der Waals surface area contributed by atoms with Gasteiger partial charge in [0, 0.05) is 14.6 Å². The Morgan fingerprint density at radius 1 is 1.38 bits per heavy atom. The van der Waals surface area contributed by atoms with E-state index < -0.39 is 0 Å². The minimum atomic E-state index is -0.186. The molecule has 0 saturated carbocycles. The standard InChI is InChI=1S/C15H13BrN2O2S/c1-8-5-6-9(20-8)7-18-15(19)14-13(17)12-10(16)3-2-4-11(12)21-14/h2-6H,7,17H2,1H3,(H,18,19). The quantitative estimate of drug-likeness (QED) is 0.735. The molecule has 0 aliphatic rings. The molecule has 2 heterocycles. The van der Waals surface area contributed by atoms with E-state index in [4.69, 9.17) is 10.2 Å². The summed E-state index contributed by atoms with van der Waals surface area (Å²) in [5, 5.41) is 3.72. The number of hydrogen-bond donors (Lipinski definition) is 2. The summed E-state index contributed by atoms with van der Waals surface area (Å²) in [4.78, 5) is 12.8. The molecule has 0 unspecified atom stereocenters. The molecule has 2 aromatic heterocycles. The second-order valence-electron chi connectivity index (χ2n) is 4.65. The Kier molecular flexibility index (Phi) is 3.73. The van der Waals surface area contributed by atoms with Crippen LogP contribution in [-0.2, 0) is 6.54 Å². The molecule has 6 heteroatoms. The maximum atomic E-state index is 12.3. The Labute approximate surface area is 134 Å². The number of carbonyl (C=O) groups is 1. The molecule has 1 aromatic carbocycles. The molecule has 1 amide bonds. The summed E-state index contributed by atoms with van der Waals surface area (Å²) in [6, 6.07) is 9.51. The van der Waals surface area contributed by atoms with Crippen LogP contribution < -0.4 is 11.1 Å². The number of furan rings is 1. The summed E-state index contributed by atoms with van der Waals surface area (Å²) in [6.07, 6.45) is 0. The second kappa shape index (κ2) is 5.54. The molecule has 3 rings (SSSR count). The first kappa shape index (κ1) is 14.2. The number of thiophene rings is 1. The highest BCUT2D eigenvalue weighted by Crippen LogP contribution is 2.38. The molecule has 4 nitrogen and oxygen atoms in total. The molecule has 0 radical (unpaired) electrons. The monoisotopic (exact) mass is 364 g/mol. The van der Waals surface area contributed by atoms with Gasteiger partial charge in [-0.15, -0.1) is 11.3 Å². The number of rotatable bonds is 3. The van der Waals surface area contributed by atoms with Gasteiger partial charge >= 0.3 is 0 Å². The third-order valence-electron chi connectivity index (χ3n) is 3.13. The summed E-state index contributed by atoms with van der Waals surface area (Å²) in [5.41, 5.74) is 6.62. The van der Waals surface area contributed by atoms with Crippen LogP contribution in [0.15, 0.2) is 39.2 Å². The molecular formula is C15H13BrN2O2S. The highest BCUT2D eigenvalue weighted by Gasteiger charge is 2.17. The lowest BCUT2D eigenvalue weighted by molar-refractivity contribution is 0.0953. The van der Waals surface area contributed by atoms with E-state index in [1.807, 2.05) is 37.3 Å². The number of carbonyl (C=O) groups excluding carboxylic acids is 1. The first-order chi connectivity index (χ1) is 10.1. The smallest absolute Gasteiger partial charge is 0.263 e. The van der Waals surface area contributed by atoms with Gasteiger partial charge in [0.2, 0.25) is 0 Å². The van der Waals surface area contributed by atoms with E-state index >= 15 is 0 Å². The molecule has 3 N–H and O–H groups in total. The number of halogens is 1. The van der Waals surface area contributed by atoms with E-state index in [0.717, 1.165) is 26.1 Å². The van der Waals surface area contributed by atoms with Crippen molar-refractivity contribution < 1.29 is 9.21 Å². The molecule has 0 spiro atoms. The number of benzene rings is 1. The summed E-state index contributed by atoms with van der Waals surface area (Å²) in [7, 11) is 0. The highest BCUT2D eigenvalue weighted by molar-refractivity contribution is 9.10. The largest absolute Gasteiger partial charge is 0.465 e. The van der Waals surface area contributed by atoms with Gasteiger partial charge in [-0.05, 0) is 31.2 Å². The van der Waals surface area contributed by atoms with E-state index in [9.17, 15) is 4.79 Å². The second-order valence-corrected chi connectivity index (χ2v) is 6.56. The van der Waals surface area contributed by atoms with Crippen molar-refractivity contribution >= 4 is 48.9 Å². The number of aryl methyl sites for hydroxylation is 1. The molecule has 3 aromatic rings. The van der Waals surface area contributed by atoms with Gasteiger partial charge in [-0.3, -0.25) is 4.79 Å². The van der Waals surface area contributed by atoms with Gasteiger partial charge in [0.1, 0.15) is 16.4 Å². The average molecular weight is 365 g/mol. The summed E-state index contributed by atoms with van der Waals surface area (Å²) in [5.74, 6) is 1.36. The molecule has 0 saturated heterocycles. The molecular weight excluding hydrogens is 352 g/mol. The van der Waals surface area contributed by atoms with Crippen molar-refractivity contribution in [3.05, 3.63) is 51.2 Å².